The van der Waals surface area contributed by atoms with Crippen LogP contribution < -0.4 is 10.5 Å². The van der Waals surface area contributed by atoms with E-state index in [4.69, 9.17) is 10.5 Å². The Labute approximate surface area is 120 Å². The van der Waals surface area contributed by atoms with E-state index < -0.39 is 0 Å². The third-order valence-electron chi connectivity index (χ3n) is 3.28. The van der Waals surface area contributed by atoms with E-state index in [1.54, 1.807) is 0 Å². The number of para-hydroxylation sites is 1. The highest BCUT2D eigenvalue weighted by Crippen LogP contribution is 2.26. The highest BCUT2D eigenvalue weighted by atomic mass is 16.5. The number of ether oxygens (including phenoxy) is 1. The van der Waals surface area contributed by atoms with Crippen LogP contribution in [0.1, 0.15) is 43.5 Å². The van der Waals surface area contributed by atoms with E-state index in [1.165, 1.54) is 5.56 Å². The third kappa shape index (κ3) is 3.36. The van der Waals surface area contributed by atoms with Crippen LogP contribution in [0.5, 0.6) is 11.6 Å². The molecule has 2 N–H and O–H groups in total. The van der Waals surface area contributed by atoms with Gasteiger partial charge in [-0.15, -0.1) is 0 Å². The van der Waals surface area contributed by atoms with Crippen molar-refractivity contribution in [3.63, 3.8) is 0 Å². The number of nitrogens with zero attached hydrogens (tertiary/aromatic N) is 1. The number of benzene rings is 1. The maximum Gasteiger partial charge on any atom is 0.219 e. The van der Waals surface area contributed by atoms with Gasteiger partial charge in [0.2, 0.25) is 5.88 Å². The molecular formula is C17H22N2O. The molecule has 2 rings (SSSR count). The van der Waals surface area contributed by atoms with Gasteiger partial charge in [0, 0.05) is 18.3 Å². The minimum absolute atomic E-state index is 0.352. The number of nitrogens with two attached hydrogens (primary N) is 1. The molecule has 0 saturated carbocycles. The molecule has 1 heterocycles. The van der Waals surface area contributed by atoms with Gasteiger partial charge in [-0.2, -0.15) is 0 Å². The van der Waals surface area contributed by atoms with Crippen molar-refractivity contribution in [2.24, 2.45) is 5.73 Å². The summed E-state index contributed by atoms with van der Waals surface area (Å²) >= 11 is 0. The van der Waals surface area contributed by atoms with E-state index in [9.17, 15) is 0 Å². The lowest BCUT2D eigenvalue weighted by Crippen LogP contribution is -2.03. The fourth-order valence-electron chi connectivity index (χ4n) is 2.06. The van der Waals surface area contributed by atoms with E-state index in [2.05, 4.69) is 31.8 Å². The van der Waals surface area contributed by atoms with E-state index in [-0.39, 0.29) is 0 Å². The molecule has 1 aromatic carbocycles. The maximum atomic E-state index is 5.97. The lowest BCUT2D eigenvalue weighted by molar-refractivity contribution is 0.453. The second-order valence-corrected chi connectivity index (χ2v) is 5.16. The molecule has 0 aliphatic heterocycles. The molecule has 0 unspecified atom stereocenters. The first kappa shape index (κ1) is 14.5. The Bertz CT molecular complexity index is 579. The first-order valence-electron chi connectivity index (χ1n) is 7.10. The number of hydrogen-bond acceptors (Lipinski definition) is 3. The number of hydrogen-bond donors (Lipinski definition) is 1. The van der Waals surface area contributed by atoms with Gasteiger partial charge < -0.3 is 10.5 Å². The van der Waals surface area contributed by atoms with Gasteiger partial charge in [-0.1, -0.05) is 39.0 Å². The van der Waals surface area contributed by atoms with Crippen LogP contribution in [0.25, 0.3) is 0 Å². The summed E-state index contributed by atoms with van der Waals surface area (Å²) in [6, 6.07) is 12.0. The van der Waals surface area contributed by atoms with Gasteiger partial charge in [-0.05, 0) is 35.6 Å². The predicted molar refractivity (Wildman–Crippen MR) is 82.1 cm³/mol. The van der Waals surface area contributed by atoms with Crippen molar-refractivity contribution in [1.82, 2.24) is 4.98 Å². The van der Waals surface area contributed by atoms with Crippen LogP contribution in [0.2, 0.25) is 0 Å². The van der Waals surface area contributed by atoms with Crippen LogP contribution in [-0.2, 0) is 13.0 Å². The molecule has 0 aliphatic rings. The van der Waals surface area contributed by atoms with Gasteiger partial charge in [-0.3, -0.25) is 0 Å². The average molecular weight is 270 g/mol. The average Bonchev–Trinajstić information content (AvgIpc) is 2.47. The first-order valence-corrected chi connectivity index (χ1v) is 7.10. The lowest BCUT2D eigenvalue weighted by Gasteiger charge is -2.13. The zero-order valence-corrected chi connectivity index (χ0v) is 12.4. The molecule has 0 radical (unpaired) electrons. The maximum absolute atomic E-state index is 5.97. The first-order chi connectivity index (χ1) is 9.63. The van der Waals surface area contributed by atoms with Gasteiger partial charge in [0.25, 0.3) is 0 Å². The van der Waals surface area contributed by atoms with E-state index in [0.29, 0.717) is 18.3 Å². The zero-order chi connectivity index (χ0) is 14.5. The standard InChI is InChI=1S/C17H22N2O/c1-4-14-7-5-6-8-16(14)20-17-10-13(11-18)9-15(19-17)12(2)3/h5-10,12H,4,11,18H2,1-3H3. The lowest BCUT2D eigenvalue weighted by atomic mass is 10.1. The molecule has 3 nitrogen and oxygen atoms in total. The fourth-order valence-corrected chi connectivity index (χ4v) is 2.06. The van der Waals surface area contributed by atoms with Gasteiger partial charge in [0.15, 0.2) is 0 Å². The van der Waals surface area contributed by atoms with Crippen molar-refractivity contribution < 1.29 is 4.74 Å². The van der Waals surface area contributed by atoms with Gasteiger partial charge >= 0.3 is 0 Å². The highest BCUT2D eigenvalue weighted by Gasteiger charge is 2.09. The summed E-state index contributed by atoms with van der Waals surface area (Å²) in [6.07, 6.45) is 0.934. The molecule has 0 atom stereocenters. The summed E-state index contributed by atoms with van der Waals surface area (Å²) in [6.45, 7) is 6.85. The number of aryl methyl sites for hydroxylation is 1. The minimum Gasteiger partial charge on any atom is -0.439 e. The fraction of sp³-hybridized carbons (Fsp3) is 0.353. The molecule has 0 amide bonds. The molecular weight excluding hydrogens is 248 g/mol. The van der Waals surface area contributed by atoms with Crippen LogP contribution >= 0.6 is 0 Å². The van der Waals surface area contributed by atoms with Gasteiger partial charge in [-0.25, -0.2) is 4.98 Å². The summed E-state index contributed by atoms with van der Waals surface area (Å²) in [5.41, 5.74) is 8.99. The summed E-state index contributed by atoms with van der Waals surface area (Å²) < 4.78 is 5.97. The Morgan fingerprint density at radius 2 is 1.95 bits per heavy atom. The second kappa shape index (κ2) is 6.53. The van der Waals surface area contributed by atoms with Crippen LogP contribution in [-0.4, -0.2) is 4.98 Å². The molecule has 106 valence electrons. The predicted octanol–water partition coefficient (Wildman–Crippen LogP) is 4.02. The molecule has 20 heavy (non-hydrogen) atoms. The third-order valence-corrected chi connectivity index (χ3v) is 3.28. The zero-order valence-electron chi connectivity index (χ0n) is 12.4. The Balaban J connectivity index is 2.35. The van der Waals surface area contributed by atoms with Crippen LogP contribution in [0.4, 0.5) is 0 Å². The van der Waals surface area contributed by atoms with Crippen LogP contribution in [0.15, 0.2) is 36.4 Å². The quantitative estimate of drug-likeness (QED) is 0.892. The van der Waals surface area contributed by atoms with Crippen LogP contribution in [0, 0.1) is 0 Å². The minimum atomic E-state index is 0.352. The molecule has 0 fully saturated rings. The Hall–Kier alpha value is -1.87. The number of aromatic nitrogens is 1. The Morgan fingerprint density at radius 1 is 1.20 bits per heavy atom. The Morgan fingerprint density at radius 3 is 2.60 bits per heavy atom. The summed E-state index contributed by atoms with van der Waals surface area (Å²) in [7, 11) is 0. The van der Waals surface area contributed by atoms with Crippen molar-refractivity contribution in [2.45, 2.75) is 39.7 Å². The van der Waals surface area contributed by atoms with Crippen molar-refractivity contribution in [3.8, 4) is 11.6 Å². The molecule has 0 bridgehead atoms. The van der Waals surface area contributed by atoms with E-state index >= 15 is 0 Å². The van der Waals surface area contributed by atoms with Crippen molar-refractivity contribution >= 4 is 0 Å². The highest BCUT2D eigenvalue weighted by molar-refractivity contribution is 5.37. The van der Waals surface area contributed by atoms with E-state index in [0.717, 1.165) is 23.4 Å². The summed E-state index contributed by atoms with van der Waals surface area (Å²) in [5, 5.41) is 0. The van der Waals surface area contributed by atoms with E-state index in [1.807, 2.05) is 30.3 Å². The normalized spacial score (nSPS) is 10.8. The Kier molecular flexibility index (Phi) is 4.74. The number of pyridine rings is 1. The topological polar surface area (TPSA) is 48.1 Å². The summed E-state index contributed by atoms with van der Waals surface area (Å²) in [4.78, 5) is 4.57. The monoisotopic (exact) mass is 270 g/mol. The molecule has 1 aromatic heterocycles. The molecule has 0 spiro atoms. The molecule has 2 aromatic rings. The molecule has 0 saturated heterocycles. The van der Waals surface area contributed by atoms with Gasteiger partial charge in [0.1, 0.15) is 5.75 Å². The largest absolute Gasteiger partial charge is 0.439 e. The SMILES string of the molecule is CCc1ccccc1Oc1cc(CN)cc(C(C)C)n1. The van der Waals surface area contributed by atoms with Crippen molar-refractivity contribution in [1.29, 1.82) is 0 Å². The molecule has 0 aliphatic carbocycles. The smallest absolute Gasteiger partial charge is 0.219 e. The van der Waals surface area contributed by atoms with Crippen molar-refractivity contribution in [2.75, 3.05) is 0 Å². The number of rotatable bonds is 5. The van der Waals surface area contributed by atoms with Crippen molar-refractivity contribution in [3.05, 3.63) is 53.2 Å². The molecule has 3 heteroatoms. The summed E-state index contributed by atoms with van der Waals surface area (Å²) in [5.74, 6) is 1.84. The second-order valence-electron chi connectivity index (χ2n) is 5.16. The van der Waals surface area contributed by atoms with Crippen LogP contribution in [0.3, 0.4) is 0 Å². The van der Waals surface area contributed by atoms with Gasteiger partial charge in [0.05, 0.1) is 0 Å².